The first kappa shape index (κ1) is 23.3. The highest BCUT2D eigenvalue weighted by Crippen LogP contribution is 2.35. The van der Waals surface area contributed by atoms with Gasteiger partial charge in [-0.25, -0.2) is 0 Å². The molecule has 0 radical (unpaired) electrons. The lowest BCUT2D eigenvalue weighted by molar-refractivity contribution is 0.173. The molecule has 146 valence electrons. The van der Waals surface area contributed by atoms with Crippen molar-refractivity contribution in [2.45, 2.75) is 34.2 Å². The van der Waals surface area contributed by atoms with Crippen LogP contribution in [0.3, 0.4) is 0 Å². The highest BCUT2D eigenvalue weighted by atomic mass is 16.7. The van der Waals surface area contributed by atoms with E-state index in [2.05, 4.69) is 21.2 Å². The molecular weight excluding hydrogens is 332 g/mol. The van der Waals surface area contributed by atoms with Crippen LogP contribution in [-0.4, -0.2) is 28.6 Å². The highest BCUT2D eigenvalue weighted by Gasteiger charge is 2.17. The van der Waals surface area contributed by atoms with Gasteiger partial charge < -0.3 is 26.3 Å². The van der Waals surface area contributed by atoms with E-state index in [9.17, 15) is 0 Å². The lowest BCUT2D eigenvalue weighted by atomic mass is 10.2. The molecule has 0 bridgehead atoms. The van der Waals surface area contributed by atoms with Crippen molar-refractivity contribution >= 4 is 11.9 Å². The number of nitrogens with one attached hydrogen (secondary N) is 1. The first-order valence-electron chi connectivity index (χ1n) is 8.58. The number of nitrogens with zero attached hydrogens (tertiary/aromatic N) is 3. The topological polar surface area (TPSA) is 113 Å². The number of ether oxygens (including phenoxy) is 2. The molecule has 0 saturated carbocycles. The van der Waals surface area contributed by atoms with E-state index in [1.807, 2.05) is 58.0 Å². The van der Waals surface area contributed by atoms with Crippen molar-refractivity contribution in [3.8, 4) is 11.5 Å². The number of fused-ring (bicyclic) bond motifs is 1. The summed E-state index contributed by atoms with van der Waals surface area (Å²) in [7, 11) is 3.30. The van der Waals surface area contributed by atoms with E-state index >= 15 is 0 Å². The summed E-state index contributed by atoms with van der Waals surface area (Å²) in [6.07, 6.45) is 4.00. The summed E-state index contributed by atoms with van der Waals surface area (Å²) in [4.78, 5) is 0. The second-order valence-corrected chi connectivity index (χ2v) is 4.61. The summed E-state index contributed by atoms with van der Waals surface area (Å²) in [5.74, 6) is 2.53. The van der Waals surface area contributed by atoms with Crippen LogP contribution in [0, 0.1) is 0 Å². The molecule has 0 amide bonds. The highest BCUT2D eigenvalue weighted by molar-refractivity contribution is 5.49. The lowest BCUT2D eigenvalue weighted by Crippen LogP contribution is -2.07. The quantitative estimate of drug-likeness (QED) is 0.718. The average molecular weight is 364 g/mol. The van der Waals surface area contributed by atoms with Gasteiger partial charge in [-0.05, 0) is 27.0 Å². The molecule has 2 aromatic rings. The van der Waals surface area contributed by atoms with Gasteiger partial charge in [0.25, 0.3) is 0 Å². The molecule has 0 atom stereocenters. The molecule has 0 fully saturated rings. The number of para-hydroxylation sites is 1. The molecule has 1 aliphatic heterocycles. The van der Waals surface area contributed by atoms with Gasteiger partial charge in [-0.2, -0.15) is 0 Å². The first-order valence-corrected chi connectivity index (χ1v) is 8.58. The zero-order valence-electron chi connectivity index (χ0n) is 16.6. The number of nitrogens with two attached hydrogens (primary N) is 2. The Balaban J connectivity index is 0.000000680. The first-order chi connectivity index (χ1) is 12.7. The molecule has 0 spiro atoms. The van der Waals surface area contributed by atoms with Gasteiger partial charge in [-0.1, -0.05) is 38.1 Å². The van der Waals surface area contributed by atoms with Crippen LogP contribution in [0.25, 0.3) is 0 Å². The predicted molar refractivity (Wildman–Crippen MR) is 107 cm³/mol. The smallest absolute Gasteiger partial charge is 0.231 e. The Morgan fingerprint density at radius 3 is 2.35 bits per heavy atom. The fourth-order valence-electron chi connectivity index (χ4n) is 1.80. The molecule has 0 aliphatic carbocycles. The van der Waals surface area contributed by atoms with Crippen LogP contribution in [0.1, 0.15) is 33.3 Å². The number of benzene rings is 1. The largest absolute Gasteiger partial charge is 0.454 e. The third-order valence-electron chi connectivity index (χ3n) is 3.16. The minimum atomic E-state index is 0.267. The molecule has 0 saturated heterocycles. The molecule has 1 aromatic heterocycles. The Bertz CT molecular complexity index is 651. The van der Waals surface area contributed by atoms with Crippen LogP contribution in [0.5, 0.6) is 11.5 Å². The van der Waals surface area contributed by atoms with Crippen molar-refractivity contribution in [3.05, 3.63) is 35.9 Å². The summed E-state index contributed by atoms with van der Waals surface area (Å²) in [5.41, 5.74) is 11.1. The van der Waals surface area contributed by atoms with Crippen LogP contribution < -0.4 is 26.3 Å². The predicted octanol–water partition coefficient (Wildman–Crippen LogP) is 2.92. The SMILES string of the molecule is C/C=C\C.CC.CN.Cn1c(N)nnc1NCc1cccc2c1OCO2. The molecular formula is C18H32N6O2. The molecule has 3 rings (SSSR count). The monoisotopic (exact) mass is 364 g/mol. The van der Waals surface area contributed by atoms with Crippen LogP contribution in [0.4, 0.5) is 11.9 Å². The summed E-state index contributed by atoms with van der Waals surface area (Å²) in [5, 5.41) is 10.9. The van der Waals surface area contributed by atoms with E-state index in [0.29, 0.717) is 18.4 Å². The Kier molecular flexibility index (Phi) is 12.1. The fourth-order valence-corrected chi connectivity index (χ4v) is 1.80. The van der Waals surface area contributed by atoms with Crippen molar-refractivity contribution in [1.82, 2.24) is 14.8 Å². The van der Waals surface area contributed by atoms with Crippen LogP contribution >= 0.6 is 0 Å². The number of aromatic nitrogens is 3. The number of anilines is 2. The third-order valence-corrected chi connectivity index (χ3v) is 3.16. The molecule has 2 heterocycles. The van der Waals surface area contributed by atoms with Gasteiger partial charge in [0.1, 0.15) is 0 Å². The van der Waals surface area contributed by atoms with Gasteiger partial charge >= 0.3 is 0 Å². The fraction of sp³-hybridized carbons (Fsp3) is 0.444. The van der Waals surface area contributed by atoms with E-state index in [-0.39, 0.29) is 6.79 Å². The molecule has 1 aliphatic rings. The summed E-state index contributed by atoms with van der Waals surface area (Å²) < 4.78 is 12.4. The molecule has 0 unspecified atom stereocenters. The minimum Gasteiger partial charge on any atom is -0.454 e. The maximum absolute atomic E-state index is 5.60. The Hall–Kier alpha value is -2.74. The van der Waals surface area contributed by atoms with Crippen molar-refractivity contribution in [1.29, 1.82) is 0 Å². The Morgan fingerprint density at radius 1 is 1.15 bits per heavy atom. The normalized spacial score (nSPS) is 10.7. The van der Waals surface area contributed by atoms with Gasteiger partial charge in [-0.15, -0.1) is 10.2 Å². The van der Waals surface area contributed by atoms with E-state index in [1.54, 1.807) is 11.6 Å². The molecule has 26 heavy (non-hydrogen) atoms. The van der Waals surface area contributed by atoms with Crippen molar-refractivity contribution in [2.24, 2.45) is 12.8 Å². The van der Waals surface area contributed by atoms with Crippen LogP contribution in [0.2, 0.25) is 0 Å². The molecule has 1 aromatic carbocycles. The van der Waals surface area contributed by atoms with Gasteiger partial charge in [0, 0.05) is 19.2 Å². The van der Waals surface area contributed by atoms with E-state index in [4.69, 9.17) is 15.2 Å². The number of hydrogen-bond donors (Lipinski definition) is 3. The van der Waals surface area contributed by atoms with Gasteiger partial charge in [0.05, 0.1) is 0 Å². The Labute approximate surface area is 156 Å². The number of hydrogen-bond acceptors (Lipinski definition) is 7. The number of nitrogen functional groups attached to an aromatic ring is 1. The second-order valence-electron chi connectivity index (χ2n) is 4.61. The summed E-state index contributed by atoms with van der Waals surface area (Å²) in [6, 6.07) is 5.78. The number of rotatable bonds is 3. The molecule has 8 nitrogen and oxygen atoms in total. The van der Waals surface area contributed by atoms with E-state index in [1.165, 1.54) is 7.05 Å². The second kappa shape index (κ2) is 13.5. The minimum absolute atomic E-state index is 0.267. The molecule has 8 heteroatoms. The van der Waals surface area contributed by atoms with E-state index in [0.717, 1.165) is 17.1 Å². The molecule has 5 N–H and O–H groups in total. The van der Waals surface area contributed by atoms with Gasteiger partial charge in [0.2, 0.25) is 18.7 Å². The maximum Gasteiger partial charge on any atom is 0.231 e. The van der Waals surface area contributed by atoms with Crippen molar-refractivity contribution in [3.63, 3.8) is 0 Å². The van der Waals surface area contributed by atoms with Gasteiger partial charge in [0.15, 0.2) is 11.5 Å². The average Bonchev–Trinajstić information content (AvgIpc) is 3.31. The summed E-state index contributed by atoms with van der Waals surface area (Å²) >= 11 is 0. The third kappa shape index (κ3) is 6.64. The standard InChI is InChI=1S/C11H13N5O2.C4H8.C2H6.CH5N/c1-16-10(12)14-15-11(16)13-5-7-3-2-4-8-9(7)18-6-17-8;1-3-4-2;2*1-2/h2-4H,5-6H2,1H3,(H2,12,14)(H,13,15);3-4H,1-2H3;1-2H3;2H2,1H3/b;4-3-;;. The van der Waals surface area contributed by atoms with Crippen molar-refractivity contribution in [2.75, 3.05) is 24.9 Å². The zero-order valence-corrected chi connectivity index (χ0v) is 16.6. The van der Waals surface area contributed by atoms with Crippen LogP contribution in [0.15, 0.2) is 30.4 Å². The Morgan fingerprint density at radius 2 is 1.81 bits per heavy atom. The van der Waals surface area contributed by atoms with E-state index < -0.39 is 0 Å². The lowest BCUT2D eigenvalue weighted by Gasteiger charge is -2.07. The maximum atomic E-state index is 5.60. The summed E-state index contributed by atoms with van der Waals surface area (Å²) in [6.45, 7) is 8.84. The van der Waals surface area contributed by atoms with Crippen LogP contribution in [-0.2, 0) is 13.6 Å². The van der Waals surface area contributed by atoms with Gasteiger partial charge in [-0.3, -0.25) is 4.57 Å². The zero-order chi connectivity index (χ0) is 19.9. The van der Waals surface area contributed by atoms with Crippen molar-refractivity contribution < 1.29 is 9.47 Å². The number of allylic oxidation sites excluding steroid dienone is 2.